The molecule has 170 valence electrons. The molecule has 0 bridgehead atoms. The van der Waals surface area contributed by atoms with E-state index in [4.69, 9.17) is 4.74 Å². The molecule has 0 spiro atoms. The van der Waals surface area contributed by atoms with Gasteiger partial charge in [-0.05, 0) is 24.6 Å². The maximum atomic E-state index is 13.3. The fourth-order valence-corrected chi connectivity index (χ4v) is 4.29. The van der Waals surface area contributed by atoms with Crippen LogP contribution in [-0.2, 0) is 14.3 Å². The molecule has 2 fully saturated rings. The van der Waals surface area contributed by atoms with Crippen LogP contribution < -0.4 is 5.32 Å². The lowest BCUT2D eigenvalue weighted by Gasteiger charge is -2.39. The van der Waals surface area contributed by atoms with Crippen molar-refractivity contribution in [3.05, 3.63) is 65.7 Å². The number of aryl methyl sites for hydroxylation is 1. The molecule has 2 amide bonds. The van der Waals surface area contributed by atoms with Crippen molar-refractivity contribution in [2.24, 2.45) is 0 Å². The van der Waals surface area contributed by atoms with Crippen molar-refractivity contribution in [1.82, 2.24) is 14.7 Å². The third-order valence-electron chi connectivity index (χ3n) is 6.18. The number of carbonyl (C=O) groups is 2. The van der Waals surface area contributed by atoms with Gasteiger partial charge in [-0.1, -0.05) is 48.0 Å². The van der Waals surface area contributed by atoms with Crippen molar-refractivity contribution in [2.75, 3.05) is 64.3 Å². The minimum Gasteiger partial charge on any atom is -0.378 e. The zero-order valence-corrected chi connectivity index (χ0v) is 18.7. The van der Waals surface area contributed by atoms with Crippen LogP contribution in [0.15, 0.2) is 54.6 Å². The first-order valence-corrected chi connectivity index (χ1v) is 11.3. The van der Waals surface area contributed by atoms with E-state index in [1.165, 1.54) is 0 Å². The second-order valence-corrected chi connectivity index (χ2v) is 8.47. The molecule has 0 unspecified atom stereocenters. The quantitative estimate of drug-likeness (QED) is 0.752. The minimum absolute atomic E-state index is 0.0297. The summed E-state index contributed by atoms with van der Waals surface area (Å²) in [7, 11) is 0. The summed E-state index contributed by atoms with van der Waals surface area (Å²) in [4.78, 5) is 32.2. The molecule has 7 heteroatoms. The molecule has 2 aliphatic heterocycles. The Morgan fingerprint density at radius 1 is 0.906 bits per heavy atom. The largest absolute Gasteiger partial charge is 0.378 e. The number of benzene rings is 2. The molecule has 2 aliphatic rings. The fourth-order valence-electron chi connectivity index (χ4n) is 4.29. The van der Waals surface area contributed by atoms with Crippen LogP contribution in [0, 0.1) is 6.92 Å². The number of ether oxygens (including phenoxy) is 1. The minimum atomic E-state index is -0.366. The summed E-state index contributed by atoms with van der Waals surface area (Å²) >= 11 is 0. The molecule has 0 aliphatic carbocycles. The second-order valence-electron chi connectivity index (χ2n) is 8.47. The molecule has 2 aromatic carbocycles. The molecule has 2 heterocycles. The SMILES string of the molecule is Cc1ccc(NC(=O)[C@H](c2ccccc2)N2CCN(CC(=O)N3CCOCC3)CC2)cc1. The average molecular weight is 437 g/mol. The van der Waals surface area contributed by atoms with Gasteiger partial charge in [0, 0.05) is 45.0 Å². The lowest BCUT2D eigenvalue weighted by Crippen LogP contribution is -2.53. The highest BCUT2D eigenvalue weighted by atomic mass is 16.5. The summed E-state index contributed by atoms with van der Waals surface area (Å²) in [5.74, 6) is 0.136. The van der Waals surface area contributed by atoms with Gasteiger partial charge in [0.15, 0.2) is 0 Å². The molecule has 0 radical (unpaired) electrons. The van der Waals surface area contributed by atoms with E-state index in [0.717, 1.165) is 43.0 Å². The van der Waals surface area contributed by atoms with Crippen LogP contribution in [0.4, 0.5) is 5.69 Å². The predicted octanol–water partition coefficient (Wildman–Crippen LogP) is 2.15. The van der Waals surface area contributed by atoms with E-state index < -0.39 is 0 Å². The normalized spacial score (nSPS) is 18.8. The van der Waals surface area contributed by atoms with E-state index >= 15 is 0 Å². The van der Waals surface area contributed by atoms with Crippen molar-refractivity contribution in [3.8, 4) is 0 Å². The molecule has 7 nitrogen and oxygen atoms in total. The maximum absolute atomic E-state index is 13.3. The number of amides is 2. The molecule has 1 atom stereocenters. The molecular weight excluding hydrogens is 404 g/mol. The van der Waals surface area contributed by atoms with E-state index in [2.05, 4.69) is 15.1 Å². The number of nitrogens with one attached hydrogen (secondary N) is 1. The number of carbonyl (C=O) groups excluding carboxylic acids is 2. The van der Waals surface area contributed by atoms with E-state index in [-0.39, 0.29) is 17.9 Å². The number of rotatable bonds is 6. The summed E-state index contributed by atoms with van der Waals surface area (Å²) in [6.45, 7) is 8.04. The van der Waals surface area contributed by atoms with Crippen molar-refractivity contribution in [1.29, 1.82) is 0 Å². The second kappa shape index (κ2) is 10.7. The van der Waals surface area contributed by atoms with Gasteiger partial charge < -0.3 is 15.0 Å². The average Bonchev–Trinajstić information content (AvgIpc) is 2.83. The monoisotopic (exact) mass is 436 g/mol. The standard InChI is InChI=1S/C25H32N4O3/c1-20-7-9-22(10-8-20)26-25(31)24(21-5-3-2-4-6-21)29-13-11-27(12-14-29)19-23(30)28-15-17-32-18-16-28/h2-10,24H,11-19H2,1H3,(H,26,31)/t24-/m0/s1. The first-order valence-electron chi connectivity index (χ1n) is 11.3. The molecular formula is C25H32N4O3. The summed E-state index contributed by atoms with van der Waals surface area (Å²) in [6, 6.07) is 17.4. The van der Waals surface area contributed by atoms with Crippen LogP contribution in [0.3, 0.4) is 0 Å². The van der Waals surface area contributed by atoms with E-state index in [9.17, 15) is 9.59 Å². The van der Waals surface area contributed by atoms with Gasteiger partial charge in [0.25, 0.3) is 0 Å². The first kappa shape index (κ1) is 22.5. The van der Waals surface area contributed by atoms with Gasteiger partial charge in [0.1, 0.15) is 6.04 Å². The molecule has 4 rings (SSSR count). The number of piperazine rings is 1. The third-order valence-corrected chi connectivity index (χ3v) is 6.18. The summed E-state index contributed by atoms with van der Waals surface area (Å²) in [6.07, 6.45) is 0. The van der Waals surface area contributed by atoms with Gasteiger partial charge in [0.05, 0.1) is 19.8 Å². The number of nitrogens with zero attached hydrogens (tertiary/aromatic N) is 3. The van der Waals surface area contributed by atoms with Crippen molar-refractivity contribution >= 4 is 17.5 Å². The lowest BCUT2D eigenvalue weighted by molar-refractivity contribution is -0.137. The number of anilines is 1. The van der Waals surface area contributed by atoms with Crippen LogP contribution in [0.1, 0.15) is 17.2 Å². The lowest BCUT2D eigenvalue weighted by atomic mass is 10.0. The van der Waals surface area contributed by atoms with Gasteiger partial charge in [-0.3, -0.25) is 19.4 Å². The molecule has 2 saturated heterocycles. The Morgan fingerprint density at radius 2 is 1.56 bits per heavy atom. The topological polar surface area (TPSA) is 65.1 Å². The Hall–Kier alpha value is -2.74. The number of morpholine rings is 1. The highest BCUT2D eigenvalue weighted by Gasteiger charge is 2.31. The van der Waals surface area contributed by atoms with Crippen molar-refractivity contribution in [3.63, 3.8) is 0 Å². The zero-order valence-electron chi connectivity index (χ0n) is 18.7. The highest BCUT2D eigenvalue weighted by molar-refractivity contribution is 5.95. The Bertz CT molecular complexity index is 889. The Balaban J connectivity index is 1.39. The Morgan fingerprint density at radius 3 is 2.22 bits per heavy atom. The van der Waals surface area contributed by atoms with Gasteiger partial charge in [-0.15, -0.1) is 0 Å². The van der Waals surface area contributed by atoms with Gasteiger partial charge >= 0.3 is 0 Å². The summed E-state index contributed by atoms with van der Waals surface area (Å²) in [5, 5.41) is 3.08. The third kappa shape index (κ3) is 5.73. The number of hydrogen-bond donors (Lipinski definition) is 1. The van der Waals surface area contributed by atoms with Crippen LogP contribution in [0.5, 0.6) is 0 Å². The van der Waals surface area contributed by atoms with Crippen LogP contribution >= 0.6 is 0 Å². The first-order chi connectivity index (χ1) is 15.6. The zero-order chi connectivity index (χ0) is 22.3. The Labute approximate surface area is 189 Å². The molecule has 1 N–H and O–H groups in total. The summed E-state index contributed by atoms with van der Waals surface area (Å²) < 4.78 is 5.34. The highest BCUT2D eigenvalue weighted by Crippen LogP contribution is 2.24. The van der Waals surface area contributed by atoms with Crippen LogP contribution in [0.2, 0.25) is 0 Å². The van der Waals surface area contributed by atoms with Crippen molar-refractivity contribution < 1.29 is 14.3 Å². The summed E-state index contributed by atoms with van der Waals surface area (Å²) in [5.41, 5.74) is 2.94. The molecule has 32 heavy (non-hydrogen) atoms. The maximum Gasteiger partial charge on any atom is 0.246 e. The Kier molecular flexibility index (Phi) is 7.52. The van der Waals surface area contributed by atoms with Gasteiger partial charge in [-0.2, -0.15) is 0 Å². The fraction of sp³-hybridized carbons (Fsp3) is 0.440. The number of hydrogen-bond acceptors (Lipinski definition) is 5. The van der Waals surface area contributed by atoms with Crippen LogP contribution in [-0.4, -0.2) is 85.5 Å². The van der Waals surface area contributed by atoms with Gasteiger partial charge in [0.2, 0.25) is 11.8 Å². The molecule has 0 aromatic heterocycles. The van der Waals surface area contributed by atoms with E-state index in [1.807, 2.05) is 66.4 Å². The smallest absolute Gasteiger partial charge is 0.246 e. The van der Waals surface area contributed by atoms with Gasteiger partial charge in [-0.25, -0.2) is 0 Å². The van der Waals surface area contributed by atoms with E-state index in [1.54, 1.807) is 0 Å². The van der Waals surface area contributed by atoms with Crippen molar-refractivity contribution in [2.45, 2.75) is 13.0 Å². The predicted molar refractivity (Wildman–Crippen MR) is 124 cm³/mol. The van der Waals surface area contributed by atoms with E-state index in [0.29, 0.717) is 32.8 Å². The van der Waals surface area contributed by atoms with Crippen LogP contribution in [0.25, 0.3) is 0 Å². The molecule has 2 aromatic rings. The molecule has 0 saturated carbocycles.